The number of likely N-dealkylation sites (tertiary alicyclic amines) is 1. The lowest BCUT2D eigenvalue weighted by atomic mass is 10.0. The van der Waals surface area contributed by atoms with Crippen LogP contribution in [0, 0.1) is 5.92 Å². The lowest BCUT2D eigenvalue weighted by molar-refractivity contribution is 0.192. The van der Waals surface area contributed by atoms with Gasteiger partial charge in [-0.2, -0.15) is 0 Å². The van der Waals surface area contributed by atoms with Gasteiger partial charge in [0.15, 0.2) is 0 Å². The maximum Gasteiger partial charge on any atom is 0.0323 e. The molecule has 0 aliphatic carbocycles. The molecule has 0 radical (unpaired) electrons. The van der Waals surface area contributed by atoms with Crippen LogP contribution in [0.2, 0.25) is 0 Å². The number of hydrogen-bond donors (Lipinski definition) is 1. The minimum atomic E-state index is 0.566. The van der Waals surface area contributed by atoms with Gasteiger partial charge in [0.2, 0.25) is 0 Å². The summed E-state index contributed by atoms with van der Waals surface area (Å²) in [5.74, 6) is 0.895. The Hall–Kier alpha value is -0.860. The molecule has 0 bridgehead atoms. The standard InChI is InChI=1S/C14H20N2/c1-11(12-5-3-2-4-6-12)16-8-7-13-9-15-10-14(13)16/h2-6,11,13-15H,7-10H2,1H3/t11-,13?,14?/m1/s1. The Bertz CT molecular complexity index is 349. The highest BCUT2D eigenvalue weighted by Crippen LogP contribution is 2.34. The highest BCUT2D eigenvalue weighted by atomic mass is 15.2. The van der Waals surface area contributed by atoms with E-state index in [1.165, 1.54) is 31.6 Å². The van der Waals surface area contributed by atoms with Crippen molar-refractivity contribution >= 4 is 0 Å². The van der Waals surface area contributed by atoms with Crippen LogP contribution < -0.4 is 5.32 Å². The number of fused-ring (bicyclic) bond motifs is 1. The summed E-state index contributed by atoms with van der Waals surface area (Å²) in [5.41, 5.74) is 1.45. The van der Waals surface area contributed by atoms with E-state index in [9.17, 15) is 0 Å². The molecule has 2 heterocycles. The van der Waals surface area contributed by atoms with Crippen molar-refractivity contribution in [3.05, 3.63) is 35.9 Å². The maximum atomic E-state index is 3.52. The zero-order valence-electron chi connectivity index (χ0n) is 9.89. The SMILES string of the molecule is C[C@H](c1ccccc1)N1CCC2CNCC21. The molecule has 0 amide bonds. The molecule has 0 spiro atoms. The van der Waals surface area contributed by atoms with Gasteiger partial charge in [0.05, 0.1) is 0 Å². The van der Waals surface area contributed by atoms with Crippen molar-refractivity contribution in [2.45, 2.75) is 25.4 Å². The molecule has 0 saturated carbocycles. The van der Waals surface area contributed by atoms with E-state index < -0.39 is 0 Å². The Morgan fingerprint density at radius 2 is 2.06 bits per heavy atom. The number of nitrogens with one attached hydrogen (secondary N) is 1. The normalized spacial score (nSPS) is 31.6. The van der Waals surface area contributed by atoms with Crippen LogP contribution in [-0.4, -0.2) is 30.6 Å². The molecule has 2 saturated heterocycles. The smallest absolute Gasteiger partial charge is 0.0323 e. The fourth-order valence-corrected chi connectivity index (χ4v) is 3.29. The van der Waals surface area contributed by atoms with Gasteiger partial charge < -0.3 is 5.32 Å². The highest BCUT2D eigenvalue weighted by Gasteiger charge is 2.39. The monoisotopic (exact) mass is 216 g/mol. The Morgan fingerprint density at radius 1 is 1.25 bits per heavy atom. The van der Waals surface area contributed by atoms with E-state index in [4.69, 9.17) is 0 Å². The van der Waals surface area contributed by atoms with Crippen molar-refractivity contribution in [1.29, 1.82) is 0 Å². The average molecular weight is 216 g/mol. The second kappa shape index (κ2) is 4.19. The van der Waals surface area contributed by atoms with E-state index in [0.29, 0.717) is 6.04 Å². The average Bonchev–Trinajstić information content (AvgIpc) is 2.91. The van der Waals surface area contributed by atoms with Crippen LogP contribution in [0.5, 0.6) is 0 Å². The molecule has 3 rings (SSSR count). The minimum Gasteiger partial charge on any atom is -0.315 e. The fourth-order valence-electron chi connectivity index (χ4n) is 3.29. The lowest BCUT2D eigenvalue weighted by Crippen LogP contribution is -2.36. The number of hydrogen-bond acceptors (Lipinski definition) is 2. The minimum absolute atomic E-state index is 0.566. The van der Waals surface area contributed by atoms with Crippen LogP contribution in [0.15, 0.2) is 30.3 Å². The van der Waals surface area contributed by atoms with Crippen molar-refractivity contribution in [2.24, 2.45) is 5.92 Å². The quantitative estimate of drug-likeness (QED) is 0.814. The Balaban J connectivity index is 1.78. The molecule has 0 aromatic heterocycles. The summed E-state index contributed by atoms with van der Waals surface area (Å²) < 4.78 is 0. The van der Waals surface area contributed by atoms with Crippen LogP contribution >= 0.6 is 0 Å². The van der Waals surface area contributed by atoms with Crippen molar-refractivity contribution in [3.8, 4) is 0 Å². The van der Waals surface area contributed by atoms with Gasteiger partial charge in [-0.15, -0.1) is 0 Å². The van der Waals surface area contributed by atoms with Crippen molar-refractivity contribution in [2.75, 3.05) is 19.6 Å². The summed E-state index contributed by atoms with van der Waals surface area (Å²) in [6.07, 6.45) is 1.37. The molecule has 3 atom stereocenters. The first-order chi connectivity index (χ1) is 7.86. The third-order valence-electron chi connectivity index (χ3n) is 4.27. The second-order valence-electron chi connectivity index (χ2n) is 5.10. The molecular weight excluding hydrogens is 196 g/mol. The predicted octanol–water partition coefficient (Wildman–Crippen LogP) is 2.04. The first kappa shape index (κ1) is 10.3. The van der Waals surface area contributed by atoms with Gasteiger partial charge >= 0.3 is 0 Å². The van der Waals surface area contributed by atoms with Gasteiger partial charge in [-0.3, -0.25) is 4.90 Å². The lowest BCUT2D eigenvalue weighted by Gasteiger charge is -2.30. The van der Waals surface area contributed by atoms with Crippen LogP contribution in [0.1, 0.15) is 24.9 Å². The van der Waals surface area contributed by atoms with E-state index in [-0.39, 0.29) is 0 Å². The number of rotatable bonds is 2. The highest BCUT2D eigenvalue weighted by molar-refractivity contribution is 5.19. The number of benzene rings is 1. The third-order valence-corrected chi connectivity index (χ3v) is 4.27. The molecule has 86 valence electrons. The molecule has 2 unspecified atom stereocenters. The van der Waals surface area contributed by atoms with Crippen LogP contribution in [0.25, 0.3) is 0 Å². The summed E-state index contributed by atoms with van der Waals surface area (Å²) in [5, 5.41) is 3.52. The molecule has 1 N–H and O–H groups in total. The zero-order valence-corrected chi connectivity index (χ0v) is 9.89. The molecule has 16 heavy (non-hydrogen) atoms. The van der Waals surface area contributed by atoms with Gasteiger partial charge in [-0.05, 0) is 37.9 Å². The summed E-state index contributed by atoms with van der Waals surface area (Å²) in [4.78, 5) is 2.68. The maximum absolute atomic E-state index is 3.52. The molecule has 2 aliphatic rings. The molecule has 2 nitrogen and oxygen atoms in total. The summed E-state index contributed by atoms with van der Waals surface area (Å²) in [7, 11) is 0. The van der Waals surface area contributed by atoms with Gasteiger partial charge in [-0.25, -0.2) is 0 Å². The molecule has 2 fully saturated rings. The number of nitrogens with zero attached hydrogens (tertiary/aromatic N) is 1. The Morgan fingerprint density at radius 3 is 2.88 bits per heavy atom. The zero-order chi connectivity index (χ0) is 11.0. The van der Waals surface area contributed by atoms with E-state index in [1.807, 2.05) is 0 Å². The predicted molar refractivity (Wildman–Crippen MR) is 66.3 cm³/mol. The van der Waals surface area contributed by atoms with E-state index in [2.05, 4.69) is 47.5 Å². The second-order valence-corrected chi connectivity index (χ2v) is 5.10. The fraction of sp³-hybridized carbons (Fsp3) is 0.571. The van der Waals surface area contributed by atoms with E-state index in [0.717, 1.165) is 12.0 Å². The molecule has 1 aromatic rings. The molecule has 2 aliphatic heterocycles. The van der Waals surface area contributed by atoms with Crippen molar-refractivity contribution < 1.29 is 0 Å². The summed E-state index contributed by atoms with van der Waals surface area (Å²) >= 11 is 0. The van der Waals surface area contributed by atoms with Gasteiger partial charge in [0.1, 0.15) is 0 Å². The topological polar surface area (TPSA) is 15.3 Å². The summed E-state index contributed by atoms with van der Waals surface area (Å²) in [6.45, 7) is 6.02. The first-order valence-electron chi connectivity index (χ1n) is 6.37. The van der Waals surface area contributed by atoms with Crippen LogP contribution in [-0.2, 0) is 0 Å². The molecule has 1 aromatic carbocycles. The first-order valence-corrected chi connectivity index (χ1v) is 6.37. The Kier molecular flexibility index (Phi) is 2.70. The van der Waals surface area contributed by atoms with Crippen LogP contribution in [0.4, 0.5) is 0 Å². The van der Waals surface area contributed by atoms with Crippen molar-refractivity contribution in [1.82, 2.24) is 10.2 Å². The van der Waals surface area contributed by atoms with Crippen molar-refractivity contribution in [3.63, 3.8) is 0 Å². The van der Waals surface area contributed by atoms with Gasteiger partial charge in [0, 0.05) is 18.6 Å². The van der Waals surface area contributed by atoms with E-state index in [1.54, 1.807) is 0 Å². The van der Waals surface area contributed by atoms with E-state index >= 15 is 0 Å². The Labute approximate surface area is 97.6 Å². The molecule has 2 heteroatoms. The van der Waals surface area contributed by atoms with Crippen LogP contribution in [0.3, 0.4) is 0 Å². The molecular formula is C14H20N2. The largest absolute Gasteiger partial charge is 0.315 e. The third kappa shape index (κ3) is 1.66. The summed E-state index contributed by atoms with van der Waals surface area (Å²) in [6, 6.07) is 12.2. The van der Waals surface area contributed by atoms with Gasteiger partial charge in [-0.1, -0.05) is 30.3 Å². The van der Waals surface area contributed by atoms with Gasteiger partial charge in [0.25, 0.3) is 0 Å².